The van der Waals surface area contributed by atoms with E-state index in [4.69, 9.17) is 0 Å². The second-order valence-corrected chi connectivity index (χ2v) is 8.94. The zero-order chi connectivity index (χ0) is 19.9. The second kappa shape index (κ2) is 9.49. The molecule has 0 saturated carbocycles. The first-order chi connectivity index (χ1) is 13.7. The lowest BCUT2D eigenvalue weighted by molar-refractivity contribution is 1.40. The highest BCUT2D eigenvalue weighted by Crippen LogP contribution is 2.50. The maximum absolute atomic E-state index is 4.08. The van der Waals surface area contributed by atoms with Gasteiger partial charge in [-0.2, -0.15) is 0 Å². The number of rotatable bonds is 6. The van der Waals surface area contributed by atoms with E-state index < -0.39 is 7.92 Å². The van der Waals surface area contributed by atoms with E-state index in [-0.39, 0.29) is 0 Å². The van der Waals surface area contributed by atoms with Crippen LogP contribution in [0.5, 0.6) is 0 Å². The minimum atomic E-state index is -0.672. The van der Waals surface area contributed by atoms with Crippen molar-refractivity contribution >= 4 is 24.1 Å². The Bertz CT molecular complexity index is 955. The average molecular weight is 382 g/mol. The Morgan fingerprint density at radius 3 is 1.75 bits per heavy atom. The molecular weight excluding hydrogens is 355 g/mol. The van der Waals surface area contributed by atoms with Gasteiger partial charge in [-0.25, -0.2) is 0 Å². The molecule has 0 spiro atoms. The molecule has 0 bridgehead atoms. The monoisotopic (exact) mass is 382 g/mol. The molecule has 0 radical (unpaired) electrons. The Morgan fingerprint density at radius 2 is 1.29 bits per heavy atom. The van der Waals surface area contributed by atoms with Crippen LogP contribution < -0.4 is 10.6 Å². The van der Waals surface area contributed by atoms with Crippen LogP contribution in [0.25, 0.3) is 5.57 Å². The highest BCUT2D eigenvalue weighted by molar-refractivity contribution is 7.77. The lowest BCUT2D eigenvalue weighted by atomic mass is 9.96. The first-order valence-electron chi connectivity index (χ1n) is 9.63. The Morgan fingerprint density at radius 1 is 0.786 bits per heavy atom. The fourth-order valence-electron chi connectivity index (χ4n) is 3.47. The van der Waals surface area contributed by atoms with E-state index in [2.05, 4.69) is 118 Å². The van der Waals surface area contributed by atoms with Crippen molar-refractivity contribution in [3.8, 4) is 0 Å². The zero-order valence-electron chi connectivity index (χ0n) is 16.9. The summed E-state index contributed by atoms with van der Waals surface area (Å²) in [6.07, 6.45) is 4.27. The minimum Gasteiger partial charge on any atom is -0.0988 e. The average Bonchev–Trinajstić information content (AvgIpc) is 2.75. The topological polar surface area (TPSA) is 0 Å². The van der Waals surface area contributed by atoms with Crippen LogP contribution in [0.15, 0.2) is 115 Å². The number of hydrogen-bond acceptors (Lipinski definition) is 0. The Hall–Kier alpha value is -2.69. The molecule has 0 aliphatic rings. The third kappa shape index (κ3) is 4.24. The van der Waals surface area contributed by atoms with E-state index in [0.29, 0.717) is 0 Å². The molecule has 0 nitrogen and oxygen atoms in total. The molecule has 28 heavy (non-hydrogen) atoms. The van der Waals surface area contributed by atoms with Gasteiger partial charge in [0.2, 0.25) is 0 Å². The van der Waals surface area contributed by atoms with Gasteiger partial charge in [-0.05, 0) is 66.9 Å². The van der Waals surface area contributed by atoms with Crippen LogP contribution in [-0.4, -0.2) is 0 Å². The second-order valence-electron chi connectivity index (χ2n) is 6.76. The van der Waals surface area contributed by atoms with E-state index in [1.165, 1.54) is 38.2 Å². The molecule has 1 heteroatoms. The van der Waals surface area contributed by atoms with Gasteiger partial charge in [0, 0.05) is 0 Å². The molecular formula is C27H27P. The van der Waals surface area contributed by atoms with Crippen LogP contribution in [-0.2, 0) is 0 Å². The van der Waals surface area contributed by atoms with Crippen LogP contribution in [0.4, 0.5) is 0 Å². The molecule has 3 aromatic carbocycles. The summed E-state index contributed by atoms with van der Waals surface area (Å²) in [5, 5.41) is 4.10. The van der Waals surface area contributed by atoms with Crippen molar-refractivity contribution in [2.75, 3.05) is 0 Å². The summed E-state index contributed by atoms with van der Waals surface area (Å²) in [6.45, 7) is 10.6. The van der Waals surface area contributed by atoms with Crippen molar-refractivity contribution in [2.24, 2.45) is 0 Å². The molecule has 0 aromatic heterocycles. The van der Waals surface area contributed by atoms with Crippen molar-refractivity contribution in [1.29, 1.82) is 0 Å². The molecule has 0 saturated heterocycles. The van der Waals surface area contributed by atoms with Gasteiger partial charge in [-0.15, -0.1) is 0 Å². The summed E-state index contributed by atoms with van der Waals surface area (Å²) < 4.78 is 0. The van der Waals surface area contributed by atoms with Crippen LogP contribution in [0, 0.1) is 6.92 Å². The highest BCUT2D eigenvalue weighted by Gasteiger charge is 2.23. The van der Waals surface area contributed by atoms with E-state index in [1.807, 2.05) is 6.08 Å². The van der Waals surface area contributed by atoms with E-state index in [1.54, 1.807) is 0 Å². The van der Waals surface area contributed by atoms with Gasteiger partial charge >= 0.3 is 0 Å². The quantitative estimate of drug-likeness (QED) is 0.318. The molecule has 0 atom stereocenters. The number of allylic oxidation sites excluding steroid dienone is 5. The van der Waals surface area contributed by atoms with Gasteiger partial charge in [-0.1, -0.05) is 104 Å². The molecule has 0 aliphatic heterocycles. The maximum atomic E-state index is 4.08. The third-order valence-electron chi connectivity index (χ3n) is 4.91. The van der Waals surface area contributed by atoms with Crippen molar-refractivity contribution in [1.82, 2.24) is 0 Å². The zero-order valence-corrected chi connectivity index (χ0v) is 17.8. The SMILES string of the molecule is C=C/C(C)=C(\C(=C/C)P(c1ccccc1)c1ccccc1)c1ccccc1C. The molecule has 0 fully saturated rings. The summed E-state index contributed by atoms with van der Waals surface area (Å²) >= 11 is 0. The maximum Gasteiger partial charge on any atom is -0.00719 e. The number of aryl methyl sites for hydroxylation is 1. The fraction of sp³-hybridized carbons (Fsp3) is 0.111. The minimum absolute atomic E-state index is 0.672. The standard InChI is InChI=1S/C27H27P/c1-5-21(3)27(25-20-14-13-15-22(25)4)26(6-2)28(23-16-9-7-10-17-23)24-18-11-8-12-19-24/h5-20H,1H2,2-4H3/b26-6+,27-21-. The number of hydrogen-bond donors (Lipinski definition) is 0. The van der Waals surface area contributed by atoms with Gasteiger partial charge in [0.05, 0.1) is 0 Å². The smallest absolute Gasteiger partial charge is 0.00719 e. The summed E-state index contributed by atoms with van der Waals surface area (Å²) in [5.74, 6) is 0. The predicted molar refractivity (Wildman–Crippen MR) is 127 cm³/mol. The van der Waals surface area contributed by atoms with E-state index in [0.717, 1.165) is 0 Å². The molecule has 0 unspecified atom stereocenters. The van der Waals surface area contributed by atoms with Crippen LogP contribution in [0.1, 0.15) is 25.0 Å². The number of benzene rings is 3. The van der Waals surface area contributed by atoms with Crippen molar-refractivity contribution in [3.05, 3.63) is 126 Å². The lowest BCUT2D eigenvalue weighted by Crippen LogP contribution is -2.14. The first-order valence-corrected chi connectivity index (χ1v) is 11.0. The van der Waals surface area contributed by atoms with Crippen molar-refractivity contribution in [3.63, 3.8) is 0 Å². The molecule has 3 rings (SSSR count). The van der Waals surface area contributed by atoms with Gasteiger partial charge in [0.25, 0.3) is 0 Å². The van der Waals surface area contributed by atoms with Gasteiger partial charge in [0.1, 0.15) is 0 Å². The van der Waals surface area contributed by atoms with E-state index in [9.17, 15) is 0 Å². The first kappa shape index (κ1) is 20.1. The Kier molecular flexibility index (Phi) is 6.80. The molecule has 3 aromatic rings. The van der Waals surface area contributed by atoms with Crippen LogP contribution >= 0.6 is 7.92 Å². The molecule has 140 valence electrons. The van der Waals surface area contributed by atoms with Crippen molar-refractivity contribution < 1.29 is 0 Å². The van der Waals surface area contributed by atoms with Gasteiger partial charge < -0.3 is 0 Å². The molecule has 0 amide bonds. The van der Waals surface area contributed by atoms with Crippen molar-refractivity contribution in [2.45, 2.75) is 20.8 Å². The van der Waals surface area contributed by atoms with Crippen LogP contribution in [0.2, 0.25) is 0 Å². The highest BCUT2D eigenvalue weighted by atomic mass is 31.1. The molecule has 0 aliphatic carbocycles. The third-order valence-corrected chi connectivity index (χ3v) is 7.51. The largest absolute Gasteiger partial charge is 0.0988 e. The molecule has 0 heterocycles. The summed E-state index contributed by atoms with van der Waals surface area (Å²) in [4.78, 5) is 0. The van der Waals surface area contributed by atoms with Crippen LogP contribution in [0.3, 0.4) is 0 Å². The fourth-order valence-corrected chi connectivity index (χ4v) is 6.05. The molecule has 0 N–H and O–H groups in total. The summed E-state index contributed by atoms with van der Waals surface area (Å²) in [7, 11) is -0.672. The normalized spacial score (nSPS) is 12.6. The van der Waals surface area contributed by atoms with Gasteiger partial charge in [0.15, 0.2) is 0 Å². The predicted octanol–water partition coefficient (Wildman–Crippen LogP) is 6.99. The summed E-state index contributed by atoms with van der Waals surface area (Å²) in [6, 6.07) is 30.4. The van der Waals surface area contributed by atoms with E-state index >= 15 is 0 Å². The Balaban J connectivity index is 2.27. The summed E-state index contributed by atoms with van der Waals surface area (Å²) in [5.41, 5.74) is 5.08. The van der Waals surface area contributed by atoms with Gasteiger partial charge in [-0.3, -0.25) is 0 Å². The lowest BCUT2D eigenvalue weighted by Gasteiger charge is -2.26. The Labute approximate surface area is 170 Å².